The van der Waals surface area contributed by atoms with E-state index >= 15 is 0 Å². The summed E-state index contributed by atoms with van der Waals surface area (Å²) in [6.07, 6.45) is -4.53. The minimum Gasteiger partial charge on any atom is -0.440 e. The third-order valence-electron chi connectivity index (χ3n) is 2.96. The number of alkyl halides is 3. The molecule has 2 aliphatic heterocycles. The number of carbonyl (C=O) groups is 1. The molecule has 0 aromatic carbocycles. The Bertz CT molecular complexity index is 305. The first-order valence-electron chi connectivity index (χ1n) is 5.67. The lowest BCUT2D eigenvalue weighted by Gasteiger charge is -2.36. The Kier molecular flexibility index (Phi) is 3.67. The maximum atomic E-state index is 11.9. The van der Waals surface area contributed by atoms with Crippen molar-refractivity contribution in [2.45, 2.75) is 24.8 Å². The van der Waals surface area contributed by atoms with Gasteiger partial charge < -0.3 is 19.1 Å². The number of hydrogen-bond acceptors (Lipinski definition) is 4. The van der Waals surface area contributed by atoms with Crippen LogP contribution in [0.2, 0.25) is 0 Å². The van der Waals surface area contributed by atoms with Gasteiger partial charge in [-0.2, -0.15) is 13.2 Å². The number of halogens is 3. The number of nitrogens with zero attached hydrogens (tertiary/aromatic N) is 1. The minimum absolute atomic E-state index is 0.274. The zero-order valence-electron chi connectivity index (χ0n) is 9.66. The number of amides is 1. The molecule has 0 aromatic rings. The first-order valence-corrected chi connectivity index (χ1v) is 5.67. The summed E-state index contributed by atoms with van der Waals surface area (Å²) >= 11 is 0. The largest absolute Gasteiger partial charge is 0.440 e. The first-order chi connectivity index (χ1) is 8.40. The monoisotopic (exact) mass is 269 g/mol. The molecule has 1 spiro atoms. The summed E-state index contributed by atoms with van der Waals surface area (Å²) in [5, 5.41) is 0. The summed E-state index contributed by atoms with van der Waals surface area (Å²) in [4.78, 5) is 12.6. The van der Waals surface area contributed by atoms with Gasteiger partial charge in [-0.15, -0.1) is 0 Å². The van der Waals surface area contributed by atoms with Gasteiger partial charge in [-0.1, -0.05) is 0 Å². The predicted octanol–water partition coefficient (Wildman–Crippen LogP) is 1.52. The molecule has 18 heavy (non-hydrogen) atoms. The average Bonchev–Trinajstić information content (AvgIpc) is 2.75. The van der Waals surface area contributed by atoms with Gasteiger partial charge in [-0.3, -0.25) is 0 Å². The van der Waals surface area contributed by atoms with Crippen molar-refractivity contribution in [2.75, 3.05) is 32.9 Å². The lowest BCUT2D eigenvalue weighted by molar-refractivity contribution is -0.186. The van der Waals surface area contributed by atoms with Crippen LogP contribution in [-0.4, -0.2) is 55.9 Å². The van der Waals surface area contributed by atoms with Crippen LogP contribution in [0.15, 0.2) is 0 Å². The second-order valence-corrected chi connectivity index (χ2v) is 4.26. The molecule has 1 amide bonds. The van der Waals surface area contributed by atoms with Crippen molar-refractivity contribution in [1.82, 2.24) is 4.90 Å². The van der Waals surface area contributed by atoms with E-state index in [1.54, 1.807) is 0 Å². The molecule has 2 rings (SSSR count). The Morgan fingerprint density at radius 1 is 1.22 bits per heavy atom. The Labute approximate surface area is 102 Å². The second kappa shape index (κ2) is 4.93. The van der Waals surface area contributed by atoms with Crippen LogP contribution in [0.4, 0.5) is 18.0 Å². The van der Waals surface area contributed by atoms with Crippen LogP contribution in [0.3, 0.4) is 0 Å². The summed E-state index contributed by atoms with van der Waals surface area (Å²) in [6, 6.07) is 0. The Hall–Kier alpha value is -1.02. The van der Waals surface area contributed by atoms with Gasteiger partial charge in [0.15, 0.2) is 12.4 Å². The third kappa shape index (κ3) is 3.26. The molecule has 0 unspecified atom stereocenters. The molecule has 104 valence electrons. The molecule has 2 fully saturated rings. The fourth-order valence-corrected chi connectivity index (χ4v) is 2.05. The summed E-state index contributed by atoms with van der Waals surface area (Å²) in [7, 11) is 0. The van der Waals surface area contributed by atoms with Gasteiger partial charge in [-0.05, 0) is 0 Å². The average molecular weight is 269 g/mol. The molecule has 0 atom stereocenters. The standard InChI is InChI=1S/C10H14F3NO4/c11-10(12,13)7-16-8(15)14-3-1-9(2-4-14)17-5-6-18-9/h1-7H2. The van der Waals surface area contributed by atoms with Crippen molar-refractivity contribution in [3.8, 4) is 0 Å². The van der Waals surface area contributed by atoms with Crippen molar-refractivity contribution >= 4 is 6.09 Å². The molecule has 0 N–H and O–H groups in total. The quantitative estimate of drug-likeness (QED) is 0.724. The number of carbonyl (C=O) groups excluding carboxylic acids is 1. The zero-order valence-corrected chi connectivity index (χ0v) is 9.66. The fraction of sp³-hybridized carbons (Fsp3) is 0.900. The number of rotatable bonds is 1. The topological polar surface area (TPSA) is 48.0 Å². The molecule has 5 nitrogen and oxygen atoms in total. The third-order valence-corrected chi connectivity index (χ3v) is 2.96. The maximum absolute atomic E-state index is 11.9. The van der Waals surface area contributed by atoms with Gasteiger partial charge in [0.25, 0.3) is 0 Å². The van der Waals surface area contributed by atoms with Crippen molar-refractivity contribution in [3.63, 3.8) is 0 Å². The SMILES string of the molecule is O=C(OCC(F)(F)F)N1CCC2(CC1)OCCO2. The molecule has 2 heterocycles. The van der Waals surface area contributed by atoms with Crippen molar-refractivity contribution < 1.29 is 32.2 Å². The zero-order chi connectivity index (χ0) is 13.2. The molecule has 8 heteroatoms. The molecular weight excluding hydrogens is 255 g/mol. The lowest BCUT2D eigenvalue weighted by atomic mass is 10.0. The molecule has 0 bridgehead atoms. The van der Waals surface area contributed by atoms with Crippen molar-refractivity contribution in [2.24, 2.45) is 0 Å². The Balaban J connectivity index is 1.77. The fourth-order valence-electron chi connectivity index (χ4n) is 2.05. The molecule has 0 radical (unpaired) electrons. The van der Waals surface area contributed by atoms with Gasteiger partial charge in [0.1, 0.15) is 0 Å². The molecule has 0 aliphatic carbocycles. The van der Waals surface area contributed by atoms with Crippen molar-refractivity contribution in [1.29, 1.82) is 0 Å². The van der Waals surface area contributed by atoms with Crippen LogP contribution < -0.4 is 0 Å². The number of likely N-dealkylation sites (tertiary alicyclic amines) is 1. The minimum atomic E-state index is -4.50. The van der Waals surface area contributed by atoms with Crippen LogP contribution in [0.25, 0.3) is 0 Å². The normalized spacial score (nSPS) is 23.4. The van der Waals surface area contributed by atoms with E-state index in [0.29, 0.717) is 26.1 Å². The molecule has 2 aliphatic rings. The van der Waals surface area contributed by atoms with Crippen LogP contribution >= 0.6 is 0 Å². The highest BCUT2D eigenvalue weighted by molar-refractivity contribution is 5.67. The molecule has 2 saturated heterocycles. The summed E-state index contributed by atoms with van der Waals surface area (Å²) in [5.74, 6) is -0.652. The van der Waals surface area contributed by atoms with Gasteiger partial charge in [0, 0.05) is 25.9 Å². The van der Waals surface area contributed by atoms with E-state index in [9.17, 15) is 18.0 Å². The van der Waals surface area contributed by atoms with Gasteiger partial charge in [0.2, 0.25) is 0 Å². The first kappa shape index (κ1) is 13.4. The summed E-state index contributed by atoms with van der Waals surface area (Å²) in [5.41, 5.74) is 0. The van der Waals surface area contributed by atoms with Crippen LogP contribution in [-0.2, 0) is 14.2 Å². The van der Waals surface area contributed by atoms with Gasteiger partial charge in [0.05, 0.1) is 13.2 Å². The van der Waals surface area contributed by atoms with E-state index in [1.807, 2.05) is 0 Å². The number of hydrogen-bond donors (Lipinski definition) is 0. The second-order valence-electron chi connectivity index (χ2n) is 4.26. The Morgan fingerprint density at radius 2 is 1.78 bits per heavy atom. The van der Waals surface area contributed by atoms with E-state index in [0.717, 1.165) is 0 Å². The highest BCUT2D eigenvalue weighted by Crippen LogP contribution is 2.31. The van der Waals surface area contributed by atoms with Crippen LogP contribution in [0.5, 0.6) is 0 Å². The number of piperidine rings is 1. The number of ether oxygens (including phenoxy) is 3. The summed E-state index contributed by atoms with van der Waals surface area (Å²) < 4.78 is 50.7. The maximum Gasteiger partial charge on any atom is 0.422 e. The highest BCUT2D eigenvalue weighted by Gasteiger charge is 2.41. The van der Waals surface area contributed by atoms with E-state index < -0.39 is 24.7 Å². The van der Waals surface area contributed by atoms with Gasteiger partial charge in [-0.25, -0.2) is 4.79 Å². The summed E-state index contributed by atoms with van der Waals surface area (Å²) in [6.45, 7) is 0.0187. The highest BCUT2D eigenvalue weighted by atomic mass is 19.4. The Morgan fingerprint density at radius 3 is 2.28 bits per heavy atom. The van der Waals surface area contributed by atoms with E-state index in [-0.39, 0.29) is 13.1 Å². The molecular formula is C10H14F3NO4. The van der Waals surface area contributed by atoms with E-state index in [4.69, 9.17) is 9.47 Å². The predicted molar refractivity (Wildman–Crippen MR) is 52.8 cm³/mol. The lowest BCUT2D eigenvalue weighted by Crippen LogP contribution is -2.47. The van der Waals surface area contributed by atoms with Crippen LogP contribution in [0.1, 0.15) is 12.8 Å². The van der Waals surface area contributed by atoms with Crippen LogP contribution in [0, 0.1) is 0 Å². The molecule has 0 aromatic heterocycles. The smallest absolute Gasteiger partial charge is 0.422 e. The van der Waals surface area contributed by atoms with E-state index in [1.165, 1.54) is 4.90 Å². The van der Waals surface area contributed by atoms with Crippen molar-refractivity contribution in [3.05, 3.63) is 0 Å². The van der Waals surface area contributed by atoms with Gasteiger partial charge >= 0.3 is 12.3 Å². The molecule has 0 saturated carbocycles. The van der Waals surface area contributed by atoms with E-state index in [2.05, 4.69) is 4.74 Å².